The van der Waals surface area contributed by atoms with Gasteiger partial charge in [-0.25, -0.2) is 0 Å². The number of nitrogens with zero attached hydrogens (tertiary/aromatic N) is 2. The van der Waals surface area contributed by atoms with E-state index in [9.17, 15) is 9.59 Å². The van der Waals surface area contributed by atoms with Crippen LogP contribution in [0.15, 0.2) is 54.7 Å². The van der Waals surface area contributed by atoms with Crippen molar-refractivity contribution in [3.05, 3.63) is 70.9 Å². The van der Waals surface area contributed by atoms with Crippen LogP contribution in [0.2, 0.25) is 5.02 Å². The van der Waals surface area contributed by atoms with Gasteiger partial charge < -0.3 is 15.4 Å². The van der Waals surface area contributed by atoms with Gasteiger partial charge in [-0.2, -0.15) is 5.10 Å². The molecule has 0 spiro atoms. The minimum atomic E-state index is -1.71. The number of ether oxygens (including phenoxy) is 1. The predicted octanol–water partition coefficient (Wildman–Crippen LogP) is 3.62. The van der Waals surface area contributed by atoms with E-state index in [2.05, 4.69) is 15.7 Å². The van der Waals surface area contributed by atoms with Gasteiger partial charge >= 0.3 is 0 Å². The van der Waals surface area contributed by atoms with Crippen molar-refractivity contribution in [2.75, 3.05) is 10.6 Å². The van der Waals surface area contributed by atoms with Gasteiger partial charge in [0, 0.05) is 17.3 Å². The highest BCUT2D eigenvalue weighted by atomic mass is 35.5. The minimum absolute atomic E-state index is 0.330. The highest BCUT2D eigenvalue weighted by molar-refractivity contribution is 6.30. The van der Waals surface area contributed by atoms with E-state index in [-0.39, 0.29) is 0 Å². The Balaban J connectivity index is 1.47. The quantitative estimate of drug-likeness (QED) is 0.643. The molecular formula is C21H19ClN4O3. The molecular weight excluding hydrogens is 392 g/mol. The van der Waals surface area contributed by atoms with Crippen LogP contribution in [0.3, 0.4) is 0 Å². The number of halogens is 1. The van der Waals surface area contributed by atoms with Crippen molar-refractivity contribution in [3.63, 3.8) is 0 Å². The number of fused-ring (bicyclic) bond motifs is 1. The van der Waals surface area contributed by atoms with Gasteiger partial charge in [0.2, 0.25) is 0 Å². The minimum Gasteiger partial charge on any atom is -0.466 e. The molecule has 8 heteroatoms. The van der Waals surface area contributed by atoms with Gasteiger partial charge in [-0.1, -0.05) is 29.8 Å². The SMILES string of the molecule is Cc1ccc2c(c1)NC(=O)C(C)(C(=O)Nc1ccn(Cc3ccc(Cl)cc3)n1)O2. The van der Waals surface area contributed by atoms with Crippen molar-refractivity contribution in [1.29, 1.82) is 0 Å². The maximum absolute atomic E-state index is 12.8. The summed E-state index contributed by atoms with van der Waals surface area (Å²) in [4.78, 5) is 25.4. The number of nitrogens with one attached hydrogen (secondary N) is 2. The van der Waals surface area contributed by atoms with Crippen LogP contribution in [0.1, 0.15) is 18.1 Å². The number of carbonyl (C=O) groups is 2. The molecule has 2 aromatic carbocycles. The van der Waals surface area contributed by atoms with Gasteiger partial charge in [0.15, 0.2) is 5.82 Å². The molecule has 2 N–H and O–H groups in total. The van der Waals surface area contributed by atoms with Gasteiger partial charge in [-0.3, -0.25) is 14.3 Å². The Morgan fingerprint density at radius 3 is 2.76 bits per heavy atom. The Bertz CT molecular complexity index is 1090. The molecule has 1 atom stereocenters. The van der Waals surface area contributed by atoms with Gasteiger partial charge in [-0.15, -0.1) is 0 Å². The summed E-state index contributed by atoms with van der Waals surface area (Å²) in [5.41, 5.74) is 0.839. The zero-order chi connectivity index (χ0) is 20.6. The van der Waals surface area contributed by atoms with Crippen molar-refractivity contribution in [3.8, 4) is 5.75 Å². The largest absolute Gasteiger partial charge is 0.466 e. The first kappa shape index (κ1) is 19.0. The molecule has 3 aromatic rings. The summed E-state index contributed by atoms with van der Waals surface area (Å²) in [5, 5.41) is 10.4. The fourth-order valence-corrected chi connectivity index (χ4v) is 3.14. The number of hydrogen-bond acceptors (Lipinski definition) is 4. The normalized spacial score (nSPS) is 17.8. The highest BCUT2D eigenvalue weighted by Crippen LogP contribution is 2.34. The lowest BCUT2D eigenvalue weighted by Gasteiger charge is -2.33. The average molecular weight is 411 g/mol. The third kappa shape index (κ3) is 3.82. The first-order valence-electron chi connectivity index (χ1n) is 9.04. The molecule has 4 rings (SSSR count). The van der Waals surface area contributed by atoms with Crippen LogP contribution in [0.4, 0.5) is 11.5 Å². The molecule has 2 heterocycles. The van der Waals surface area contributed by atoms with Crippen LogP contribution in [-0.4, -0.2) is 27.2 Å². The molecule has 0 saturated heterocycles. The topological polar surface area (TPSA) is 85.3 Å². The fourth-order valence-electron chi connectivity index (χ4n) is 3.02. The Kier molecular flexibility index (Phi) is 4.76. The van der Waals surface area contributed by atoms with Gasteiger partial charge in [0.1, 0.15) is 5.75 Å². The number of benzene rings is 2. The number of carbonyl (C=O) groups excluding carboxylic acids is 2. The number of aryl methyl sites for hydroxylation is 1. The Morgan fingerprint density at radius 2 is 2.00 bits per heavy atom. The summed E-state index contributed by atoms with van der Waals surface area (Å²) in [6.07, 6.45) is 1.74. The zero-order valence-corrected chi connectivity index (χ0v) is 16.7. The molecule has 1 unspecified atom stereocenters. The summed E-state index contributed by atoms with van der Waals surface area (Å²) in [6.45, 7) is 3.87. The lowest BCUT2D eigenvalue weighted by atomic mass is 10.0. The van der Waals surface area contributed by atoms with Crippen molar-refractivity contribution in [2.24, 2.45) is 0 Å². The van der Waals surface area contributed by atoms with Crippen LogP contribution in [0.25, 0.3) is 0 Å². The van der Waals surface area contributed by atoms with E-state index in [0.29, 0.717) is 28.8 Å². The molecule has 7 nitrogen and oxygen atoms in total. The summed E-state index contributed by atoms with van der Waals surface area (Å²) in [5.74, 6) is -0.357. The second kappa shape index (κ2) is 7.25. The molecule has 0 saturated carbocycles. The van der Waals surface area contributed by atoms with E-state index >= 15 is 0 Å². The first-order chi connectivity index (χ1) is 13.8. The standard InChI is InChI=1S/C21H19ClN4O3/c1-13-3-8-17-16(11-13)23-19(27)21(2,29-17)20(28)24-18-9-10-26(25-18)12-14-4-6-15(22)7-5-14/h3-11H,12H2,1-2H3,(H,23,27)(H,24,25,28). The van der Waals surface area contributed by atoms with Crippen LogP contribution >= 0.6 is 11.6 Å². The number of rotatable bonds is 4. The number of amides is 2. The van der Waals surface area contributed by atoms with E-state index in [0.717, 1.165) is 11.1 Å². The van der Waals surface area contributed by atoms with Crippen molar-refractivity contribution >= 4 is 34.9 Å². The summed E-state index contributed by atoms with van der Waals surface area (Å²) >= 11 is 5.90. The lowest BCUT2D eigenvalue weighted by molar-refractivity contribution is -0.143. The molecule has 148 valence electrons. The maximum Gasteiger partial charge on any atom is 0.279 e. The van der Waals surface area contributed by atoms with Gasteiger partial charge in [0.25, 0.3) is 17.4 Å². The van der Waals surface area contributed by atoms with Gasteiger partial charge in [-0.05, 0) is 49.2 Å². The van der Waals surface area contributed by atoms with E-state index in [1.54, 1.807) is 29.1 Å². The Morgan fingerprint density at radius 1 is 1.24 bits per heavy atom. The predicted molar refractivity (Wildman–Crippen MR) is 110 cm³/mol. The van der Waals surface area contributed by atoms with E-state index in [1.807, 2.05) is 37.3 Å². The molecule has 1 aliphatic rings. The van der Waals surface area contributed by atoms with Crippen molar-refractivity contribution in [1.82, 2.24) is 9.78 Å². The second-order valence-electron chi connectivity index (χ2n) is 7.07. The smallest absolute Gasteiger partial charge is 0.279 e. The number of aromatic nitrogens is 2. The van der Waals surface area contributed by atoms with Crippen LogP contribution in [-0.2, 0) is 16.1 Å². The molecule has 0 fully saturated rings. The molecule has 1 aliphatic heterocycles. The fraction of sp³-hybridized carbons (Fsp3) is 0.190. The summed E-state index contributed by atoms with van der Waals surface area (Å²) in [7, 11) is 0. The van der Waals surface area contributed by atoms with Crippen LogP contribution in [0, 0.1) is 6.92 Å². The van der Waals surface area contributed by atoms with Crippen molar-refractivity contribution < 1.29 is 14.3 Å². The molecule has 1 aromatic heterocycles. The Labute approximate surface area is 172 Å². The monoisotopic (exact) mass is 410 g/mol. The highest BCUT2D eigenvalue weighted by Gasteiger charge is 2.47. The molecule has 0 aliphatic carbocycles. The molecule has 0 radical (unpaired) electrons. The maximum atomic E-state index is 12.8. The molecule has 0 bridgehead atoms. The third-order valence-electron chi connectivity index (χ3n) is 4.70. The zero-order valence-electron chi connectivity index (χ0n) is 15.9. The van der Waals surface area contributed by atoms with E-state index < -0.39 is 17.4 Å². The van der Waals surface area contributed by atoms with Crippen LogP contribution < -0.4 is 15.4 Å². The van der Waals surface area contributed by atoms with Crippen molar-refractivity contribution in [2.45, 2.75) is 26.0 Å². The third-order valence-corrected chi connectivity index (χ3v) is 4.96. The Hall–Kier alpha value is -3.32. The molecule has 2 amide bonds. The van der Waals surface area contributed by atoms with Gasteiger partial charge in [0.05, 0.1) is 12.2 Å². The van der Waals surface area contributed by atoms with Crippen LogP contribution in [0.5, 0.6) is 5.75 Å². The average Bonchev–Trinajstić information content (AvgIpc) is 3.11. The summed E-state index contributed by atoms with van der Waals surface area (Å²) < 4.78 is 7.44. The van der Waals surface area contributed by atoms with E-state index in [4.69, 9.17) is 16.3 Å². The molecule has 29 heavy (non-hydrogen) atoms. The number of anilines is 2. The van der Waals surface area contributed by atoms with E-state index in [1.165, 1.54) is 6.92 Å². The summed E-state index contributed by atoms with van der Waals surface area (Å²) in [6, 6.07) is 14.5. The number of hydrogen-bond donors (Lipinski definition) is 2. The lowest BCUT2D eigenvalue weighted by Crippen LogP contribution is -2.56. The first-order valence-corrected chi connectivity index (χ1v) is 9.42. The second-order valence-corrected chi connectivity index (χ2v) is 7.50.